The average Bonchev–Trinajstić information content (AvgIpc) is 3.10. The monoisotopic (exact) mass is 292 g/mol. The summed E-state index contributed by atoms with van der Waals surface area (Å²) in [4.78, 5) is 12.3. The molecule has 20 heavy (non-hydrogen) atoms. The van der Waals surface area contributed by atoms with Crippen molar-refractivity contribution in [2.24, 2.45) is 0 Å². The van der Waals surface area contributed by atoms with Crippen molar-refractivity contribution in [3.05, 3.63) is 42.1 Å². The van der Waals surface area contributed by atoms with Crippen LogP contribution in [0, 0.1) is 0 Å². The first kappa shape index (κ1) is 14.6. The highest BCUT2D eigenvalue weighted by Crippen LogP contribution is 2.20. The van der Waals surface area contributed by atoms with Crippen molar-refractivity contribution in [2.75, 3.05) is 13.1 Å². The molecule has 1 aromatic carbocycles. The van der Waals surface area contributed by atoms with E-state index in [4.69, 9.17) is 0 Å². The molecule has 1 fully saturated rings. The van der Waals surface area contributed by atoms with E-state index in [-0.39, 0.29) is 24.4 Å². The lowest BCUT2D eigenvalue weighted by Crippen LogP contribution is -2.36. The van der Waals surface area contributed by atoms with E-state index in [9.17, 15) is 4.79 Å². The summed E-state index contributed by atoms with van der Waals surface area (Å²) in [5.41, 5.74) is 2.33. The number of hydrogen-bond acceptors (Lipinski definition) is 3. The highest BCUT2D eigenvalue weighted by molar-refractivity contribution is 5.99. The Morgan fingerprint density at radius 1 is 1.30 bits per heavy atom. The number of amides is 1. The zero-order valence-corrected chi connectivity index (χ0v) is 11.7. The molecule has 5 nitrogen and oxygen atoms in total. The number of carbonyl (C=O) groups is 1. The fourth-order valence-corrected chi connectivity index (χ4v) is 2.32. The lowest BCUT2D eigenvalue weighted by molar-refractivity contribution is 0.0941. The van der Waals surface area contributed by atoms with Crippen molar-refractivity contribution in [3.63, 3.8) is 0 Å². The number of aromatic nitrogens is 2. The standard InChI is InChI=1S/C14H16N4O.ClH/c19-14(17-11-6-7-15-8-11)12-9-16-18-13(12)10-4-2-1-3-5-10;/h1-5,9,11,15H,6-8H2,(H,16,18)(H,17,19);1H. The number of rotatable bonds is 3. The molecule has 2 heterocycles. The van der Waals surface area contributed by atoms with Crippen molar-refractivity contribution >= 4 is 18.3 Å². The molecule has 1 aromatic heterocycles. The lowest BCUT2D eigenvalue weighted by Gasteiger charge is -2.11. The highest BCUT2D eigenvalue weighted by atomic mass is 35.5. The molecule has 0 spiro atoms. The van der Waals surface area contributed by atoms with Crippen LogP contribution in [0.2, 0.25) is 0 Å². The van der Waals surface area contributed by atoms with Gasteiger partial charge in [0.15, 0.2) is 0 Å². The predicted octanol–water partition coefficient (Wildman–Crippen LogP) is 1.59. The third-order valence-corrected chi connectivity index (χ3v) is 3.34. The lowest BCUT2D eigenvalue weighted by atomic mass is 10.1. The molecule has 106 valence electrons. The number of nitrogens with zero attached hydrogens (tertiary/aromatic N) is 1. The molecule has 0 aliphatic carbocycles. The molecule has 0 saturated carbocycles. The third-order valence-electron chi connectivity index (χ3n) is 3.34. The van der Waals surface area contributed by atoms with Gasteiger partial charge in [-0.3, -0.25) is 9.89 Å². The van der Waals surface area contributed by atoms with Gasteiger partial charge in [-0.05, 0) is 13.0 Å². The number of H-pyrrole nitrogens is 1. The summed E-state index contributed by atoms with van der Waals surface area (Å²) in [6, 6.07) is 9.97. The van der Waals surface area contributed by atoms with Crippen LogP contribution in [0.25, 0.3) is 11.3 Å². The van der Waals surface area contributed by atoms with Gasteiger partial charge < -0.3 is 10.6 Å². The minimum absolute atomic E-state index is 0. The Morgan fingerprint density at radius 2 is 2.10 bits per heavy atom. The van der Waals surface area contributed by atoms with Crippen molar-refractivity contribution in [2.45, 2.75) is 12.5 Å². The maximum absolute atomic E-state index is 12.3. The summed E-state index contributed by atoms with van der Waals surface area (Å²) in [5.74, 6) is -0.0682. The average molecular weight is 293 g/mol. The van der Waals surface area contributed by atoms with Gasteiger partial charge in [0, 0.05) is 18.2 Å². The summed E-state index contributed by atoms with van der Waals surface area (Å²) in [5, 5.41) is 13.2. The Kier molecular flexibility index (Phi) is 4.76. The van der Waals surface area contributed by atoms with E-state index in [0.29, 0.717) is 5.56 Å². The molecule has 0 radical (unpaired) electrons. The molecule has 6 heteroatoms. The number of carbonyl (C=O) groups excluding carboxylic acids is 1. The summed E-state index contributed by atoms with van der Waals surface area (Å²) < 4.78 is 0. The summed E-state index contributed by atoms with van der Waals surface area (Å²) in [6.07, 6.45) is 2.56. The molecule has 1 saturated heterocycles. The molecule has 0 bridgehead atoms. The molecule has 3 rings (SSSR count). The number of hydrogen-bond donors (Lipinski definition) is 3. The Bertz CT molecular complexity index is 564. The Morgan fingerprint density at radius 3 is 2.80 bits per heavy atom. The van der Waals surface area contributed by atoms with Crippen LogP contribution < -0.4 is 10.6 Å². The molecule has 1 amide bonds. The molecular formula is C14H17ClN4O. The van der Waals surface area contributed by atoms with Gasteiger partial charge in [0.25, 0.3) is 5.91 Å². The van der Waals surface area contributed by atoms with Crippen LogP contribution in [0.1, 0.15) is 16.8 Å². The summed E-state index contributed by atoms with van der Waals surface area (Å²) in [6.45, 7) is 1.80. The summed E-state index contributed by atoms with van der Waals surface area (Å²) in [7, 11) is 0. The minimum Gasteiger partial charge on any atom is -0.348 e. The van der Waals surface area contributed by atoms with Crippen LogP contribution in [0.4, 0.5) is 0 Å². The van der Waals surface area contributed by atoms with E-state index in [0.717, 1.165) is 30.8 Å². The molecule has 3 N–H and O–H groups in total. The second-order valence-electron chi connectivity index (χ2n) is 4.69. The largest absolute Gasteiger partial charge is 0.348 e. The Labute approximate surface area is 123 Å². The molecule has 1 atom stereocenters. The SMILES string of the molecule is Cl.O=C(NC1CCNC1)c1cn[nH]c1-c1ccccc1. The fraction of sp³-hybridized carbons (Fsp3) is 0.286. The zero-order valence-electron chi connectivity index (χ0n) is 10.9. The van der Waals surface area contributed by atoms with E-state index < -0.39 is 0 Å². The fourth-order valence-electron chi connectivity index (χ4n) is 2.32. The molecule has 1 unspecified atom stereocenters. The van der Waals surface area contributed by atoms with Crippen LogP contribution in [0.5, 0.6) is 0 Å². The first-order chi connectivity index (χ1) is 9.34. The van der Waals surface area contributed by atoms with Gasteiger partial charge in [0.1, 0.15) is 0 Å². The second-order valence-corrected chi connectivity index (χ2v) is 4.69. The van der Waals surface area contributed by atoms with Gasteiger partial charge in [-0.25, -0.2) is 0 Å². The van der Waals surface area contributed by atoms with E-state index in [1.165, 1.54) is 0 Å². The topological polar surface area (TPSA) is 69.8 Å². The second kappa shape index (κ2) is 6.54. The van der Waals surface area contributed by atoms with E-state index >= 15 is 0 Å². The van der Waals surface area contributed by atoms with Gasteiger partial charge in [0.2, 0.25) is 0 Å². The van der Waals surface area contributed by atoms with Crippen LogP contribution in [0.3, 0.4) is 0 Å². The van der Waals surface area contributed by atoms with E-state index in [1.807, 2.05) is 30.3 Å². The zero-order chi connectivity index (χ0) is 13.1. The quantitative estimate of drug-likeness (QED) is 0.805. The van der Waals surface area contributed by atoms with Crippen LogP contribution in [-0.4, -0.2) is 35.2 Å². The maximum Gasteiger partial charge on any atom is 0.255 e. The molecule has 2 aromatic rings. The number of aromatic amines is 1. The van der Waals surface area contributed by atoms with Crippen LogP contribution in [-0.2, 0) is 0 Å². The smallest absolute Gasteiger partial charge is 0.255 e. The van der Waals surface area contributed by atoms with Crippen LogP contribution in [0.15, 0.2) is 36.5 Å². The first-order valence-electron chi connectivity index (χ1n) is 6.45. The molecule has 1 aliphatic rings. The minimum atomic E-state index is -0.0682. The van der Waals surface area contributed by atoms with Crippen molar-refractivity contribution in [1.29, 1.82) is 0 Å². The predicted molar refractivity (Wildman–Crippen MR) is 80.0 cm³/mol. The van der Waals surface area contributed by atoms with Gasteiger partial charge in [-0.15, -0.1) is 12.4 Å². The number of benzene rings is 1. The Hall–Kier alpha value is -1.85. The van der Waals surface area contributed by atoms with Gasteiger partial charge in [-0.2, -0.15) is 5.10 Å². The van der Waals surface area contributed by atoms with Gasteiger partial charge >= 0.3 is 0 Å². The van der Waals surface area contributed by atoms with Gasteiger partial charge in [0.05, 0.1) is 17.5 Å². The third kappa shape index (κ3) is 3.00. The van der Waals surface area contributed by atoms with Crippen molar-refractivity contribution < 1.29 is 4.79 Å². The van der Waals surface area contributed by atoms with Crippen molar-refractivity contribution in [1.82, 2.24) is 20.8 Å². The normalized spacial score (nSPS) is 17.5. The van der Waals surface area contributed by atoms with E-state index in [2.05, 4.69) is 20.8 Å². The van der Waals surface area contributed by atoms with Crippen molar-refractivity contribution in [3.8, 4) is 11.3 Å². The number of halogens is 1. The van der Waals surface area contributed by atoms with Gasteiger partial charge in [-0.1, -0.05) is 30.3 Å². The molecular weight excluding hydrogens is 276 g/mol. The molecule has 1 aliphatic heterocycles. The van der Waals surface area contributed by atoms with Crippen LogP contribution >= 0.6 is 12.4 Å². The Balaban J connectivity index is 0.00000147. The number of nitrogens with one attached hydrogen (secondary N) is 3. The summed E-state index contributed by atoms with van der Waals surface area (Å²) >= 11 is 0. The highest BCUT2D eigenvalue weighted by Gasteiger charge is 2.20. The maximum atomic E-state index is 12.3. The van der Waals surface area contributed by atoms with E-state index in [1.54, 1.807) is 6.20 Å². The first-order valence-corrected chi connectivity index (χ1v) is 6.45.